The lowest BCUT2D eigenvalue weighted by Crippen LogP contribution is -2.37. The van der Waals surface area contributed by atoms with Crippen LogP contribution in [0.15, 0.2) is 91.4 Å². The lowest BCUT2D eigenvalue weighted by Gasteiger charge is -2.17. The minimum Gasteiger partial charge on any atom is -0.465 e. The number of benzene rings is 2. The van der Waals surface area contributed by atoms with Gasteiger partial charge in [-0.15, -0.1) is 0 Å². The van der Waals surface area contributed by atoms with E-state index in [0.29, 0.717) is 13.2 Å². The van der Waals surface area contributed by atoms with Crippen molar-refractivity contribution in [2.24, 2.45) is 0 Å². The molecule has 0 saturated carbocycles. The molecule has 2 saturated heterocycles. The summed E-state index contributed by atoms with van der Waals surface area (Å²) in [5.41, 5.74) is 8.45. The first-order valence-electron chi connectivity index (χ1n) is 19.6. The first-order valence-corrected chi connectivity index (χ1v) is 22.1. The van der Waals surface area contributed by atoms with Gasteiger partial charge in [0.1, 0.15) is 11.5 Å². The number of nitrogens with zero attached hydrogens (tertiary/aromatic N) is 4. The normalized spacial score (nSPS) is 14.3. The zero-order chi connectivity index (χ0) is 38.1. The quantitative estimate of drug-likeness (QED) is 0.0410. The molecule has 0 bridgehead atoms. The molecule has 0 aliphatic carbocycles. The SMILES string of the molecule is Cc1cc(/C=C/c2ccc(N3CCCC3)cc2)cc[n+]1CCCOC(=O)CSSCC(=O)OCCC[n+]1ccc(/C=C/c2ccc(N3CCCC3)cc2)cc1. The first-order chi connectivity index (χ1) is 27.0. The van der Waals surface area contributed by atoms with Crippen molar-refractivity contribution >= 4 is 69.2 Å². The summed E-state index contributed by atoms with van der Waals surface area (Å²) in [5, 5.41) is 0. The molecule has 8 nitrogen and oxygen atoms in total. The Balaban J connectivity index is 0.776. The van der Waals surface area contributed by atoms with Gasteiger partial charge in [0, 0.05) is 81.6 Å². The summed E-state index contributed by atoms with van der Waals surface area (Å²) in [6.45, 7) is 8.98. The molecule has 4 heterocycles. The van der Waals surface area contributed by atoms with Crippen LogP contribution in [0.5, 0.6) is 0 Å². The van der Waals surface area contributed by atoms with Crippen LogP contribution >= 0.6 is 21.6 Å². The number of carbonyl (C=O) groups excluding carboxylic acids is 2. The van der Waals surface area contributed by atoms with Crippen LogP contribution in [-0.2, 0) is 32.2 Å². The smallest absolute Gasteiger partial charge is 0.316 e. The second-order valence-corrected chi connectivity index (χ2v) is 16.5. The molecule has 2 aliphatic heterocycles. The van der Waals surface area contributed by atoms with E-state index in [2.05, 4.69) is 142 Å². The Morgan fingerprint density at radius 1 is 0.600 bits per heavy atom. The number of ether oxygens (including phenoxy) is 2. The van der Waals surface area contributed by atoms with Crippen molar-refractivity contribution in [3.63, 3.8) is 0 Å². The summed E-state index contributed by atoms with van der Waals surface area (Å²) in [4.78, 5) is 29.3. The fourth-order valence-electron chi connectivity index (χ4n) is 6.79. The van der Waals surface area contributed by atoms with E-state index in [1.165, 1.54) is 69.8 Å². The van der Waals surface area contributed by atoms with Crippen LogP contribution in [0.4, 0.5) is 11.4 Å². The van der Waals surface area contributed by atoms with Crippen molar-refractivity contribution in [1.82, 2.24) is 0 Å². The molecule has 288 valence electrons. The lowest BCUT2D eigenvalue weighted by molar-refractivity contribution is -0.703. The van der Waals surface area contributed by atoms with Crippen molar-refractivity contribution in [2.75, 3.05) is 60.7 Å². The van der Waals surface area contributed by atoms with Gasteiger partial charge in [-0.25, -0.2) is 9.13 Å². The van der Waals surface area contributed by atoms with Gasteiger partial charge in [0.2, 0.25) is 0 Å². The Hall–Kier alpha value is -4.54. The third kappa shape index (κ3) is 13.3. The van der Waals surface area contributed by atoms with Gasteiger partial charge in [0.15, 0.2) is 37.4 Å². The maximum absolute atomic E-state index is 12.2. The van der Waals surface area contributed by atoms with Crippen LogP contribution in [0.1, 0.15) is 66.5 Å². The van der Waals surface area contributed by atoms with E-state index in [4.69, 9.17) is 9.47 Å². The van der Waals surface area contributed by atoms with E-state index >= 15 is 0 Å². The van der Waals surface area contributed by atoms with Gasteiger partial charge in [-0.2, -0.15) is 0 Å². The fourth-order valence-corrected chi connectivity index (χ4v) is 8.40. The number of anilines is 2. The van der Waals surface area contributed by atoms with Gasteiger partial charge in [0.05, 0.1) is 13.2 Å². The predicted molar refractivity (Wildman–Crippen MR) is 228 cm³/mol. The second-order valence-electron chi connectivity index (χ2n) is 14.1. The molecule has 0 unspecified atom stereocenters. The number of carbonyl (C=O) groups is 2. The zero-order valence-electron chi connectivity index (χ0n) is 32.0. The summed E-state index contributed by atoms with van der Waals surface area (Å²) in [5.74, 6) is -0.157. The molecule has 10 heteroatoms. The van der Waals surface area contributed by atoms with Crippen molar-refractivity contribution in [2.45, 2.75) is 58.5 Å². The van der Waals surface area contributed by atoms with Crippen LogP contribution < -0.4 is 18.9 Å². The largest absolute Gasteiger partial charge is 0.465 e. The Labute approximate surface area is 334 Å². The number of hydrogen-bond acceptors (Lipinski definition) is 8. The van der Waals surface area contributed by atoms with E-state index in [9.17, 15) is 9.59 Å². The molecule has 2 aliphatic rings. The van der Waals surface area contributed by atoms with Crippen molar-refractivity contribution in [3.8, 4) is 0 Å². The summed E-state index contributed by atoms with van der Waals surface area (Å²) in [6, 6.07) is 26.0. The molecule has 6 rings (SSSR count). The van der Waals surface area contributed by atoms with E-state index in [-0.39, 0.29) is 23.4 Å². The molecule has 0 amide bonds. The Kier molecular flexibility index (Phi) is 15.7. The average molecular weight is 779 g/mol. The van der Waals surface area contributed by atoms with E-state index in [0.717, 1.165) is 68.9 Å². The standard InChI is InChI=1S/C45H54N4O4S2/c1-37-34-41(11-10-39-14-18-43(19-15-39)49-26-4-5-27-49)22-31-47(37)28-7-33-53-45(51)36-55-54-35-44(50)52-32-6-23-46-29-20-40(21-30-46)9-8-38-12-16-42(17-13-38)48-24-2-3-25-48/h8-22,29-31,34H,2-7,23-28,32-33,35-36H2,1H3/q+2. The van der Waals surface area contributed by atoms with Crippen molar-refractivity contribution in [3.05, 3.63) is 119 Å². The Morgan fingerprint density at radius 2 is 1.04 bits per heavy atom. The number of hydrogen-bond donors (Lipinski definition) is 0. The molecular weight excluding hydrogens is 725 g/mol. The minimum atomic E-state index is -0.273. The molecule has 0 spiro atoms. The topological polar surface area (TPSA) is 66.8 Å². The highest BCUT2D eigenvalue weighted by atomic mass is 33.1. The number of rotatable bonds is 19. The molecular formula is C45H54N4O4S2+2. The van der Waals surface area contributed by atoms with Crippen LogP contribution in [0.2, 0.25) is 0 Å². The maximum atomic E-state index is 12.2. The van der Waals surface area contributed by atoms with Gasteiger partial charge in [-0.3, -0.25) is 9.59 Å². The Bertz CT molecular complexity index is 1870. The highest BCUT2D eigenvalue weighted by Crippen LogP contribution is 2.23. The molecule has 4 aromatic rings. The predicted octanol–water partition coefficient (Wildman–Crippen LogP) is 8.06. The summed E-state index contributed by atoms with van der Waals surface area (Å²) >= 11 is 0. The molecule has 0 radical (unpaired) electrons. The number of pyridine rings is 2. The highest BCUT2D eigenvalue weighted by Gasteiger charge is 2.14. The third-order valence-electron chi connectivity index (χ3n) is 9.92. The van der Waals surface area contributed by atoms with Crippen LogP contribution in [-0.4, -0.2) is 62.8 Å². The number of aryl methyl sites for hydroxylation is 3. The van der Waals surface area contributed by atoms with E-state index in [1.807, 2.05) is 0 Å². The third-order valence-corrected chi connectivity index (χ3v) is 12.0. The monoisotopic (exact) mass is 778 g/mol. The van der Waals surface area contributed by atoms with Gasteiger partial charge in [-0.05, 0) is 72.2 Å². The van der Waals surface area contributed by atoms with Gasteiger partial charge in [-0.1, -0.05) is 70.2 Å². The first kappa shape index (κ1) is 40.1. The van der Waals surface area contributed by atoms with Crippen LogP contribution in [0, 0.1) is 6.92 Å². The highest BCUT2D eigenvalue weighted by molar-refractivity contribution is 8.77. The van der Waals surface area contributed by atoms with Crippen molar-refractivity contribution < 1.29 is 28.2 Å². The lowest BCUT2D eigenvalue weighted by atomic mass is 10.1. The Morgan fingerprint density at radius 3 is 1.53 bits per heavy atom. The number of aromatic nitrogens is 2. The zero-order valence-corrected chi connectivity index (χ0v) is 33.7. The fraction of sp³-hybridized carbons (Fsp3) is 0.378. The van der Waals surface area contributed by atoms with Crippen LogP contribution in [0.3, 0.4) is 0 Å². The average Bonchev–Trinajstić information content (AvgIpc) is 3.96. The molecule has 2 aromatic heterocycles. The van der Waals surface area contributed by atoms with Crippen molar-refractivity contribution in [1.29, 1.82) is 0 Å². The minimum absolute atomic E-state index is 0.193. The van der Waals surface area contributed by atoms with Crippen LogP contribution in [0.25, 0.3) is 24.3 Å². The molecule has 0 N–H and O–H groups in total. The molecule has 55 heavy (non-hydrogen) atoms. The molecule has 2 fully saturated rings. The maximum Gasteiger partial charge on any atom is 0.316 e. The summed E-state index contributed by atoms with van der Waals surface area (Å²) < 4.78 is 15.1. The van der Waals surface area contributed by atoms with Gasteiger partial charge >= 0.3 is 11.9 Å². The van der Waals surface area contributed by atoms with E-state index in [1.54, 1.807) is 0 Å². The summed E-state index contributed by atoms with van der Waals surface area (Å²) in [6.07, 6.45) is 21.4. The van der Waals surface area contributed by atoms with E-state index < -0.39 is 0 Å². The second kappa shape index (κ2) is 21.5. The molecule has 2 aromatic carbocycles. The molecule has 0 atom stereocenters. The van der Waals surface area contributed by atoms with Gasteiger partial charge in [0.25, 0.3) is 0 Å². The number of esters is 2. The van der Waals surface area contributed by atoms with Gasteiger partial charge < -0.3 is 19.3 Å². The summed E-state index contributed by atoms with van der Waals surface area (Å²) in [7, 11) is 2.64.